The number of nitrogens with zero attached hydrogens (tertiary/aromatic N) is 2. The van der Waals surface area contributed by atoms with Crippen LogP contribution in [0.1, 0.15) is 26.7 Å². The standard InChI is InChI=1S/C15H32N4O2.HI/c1-13(2)19-8-5-14(6-9-19)18-15(16-3)17-7-10-21-12-11-20-4;/h13-14H,5-12H2,1-4H3,(H2,16,17,18);1H. The third-order valence-corrected chi connectivity index (χ3v) is 3.79. The number of hydrogen-bond acceptors (Lipinski definition) is 4. The lowest BCUT2D eigenvalue weighted by molar-refractivity contribution is 0.0733. The minimum atomic E-state index is 0. The number of hydrogen-bond donors (Lipinski definition) is 2. The summed E-state index contributed by atoms with van der Waals surface area (Å²) in [6.45, 7) is 9.54. The van der Waals surface area contributed by atoms with Crippen molar-refractivity contribution in [3.8, 4) is 0 Å². The summed E-state index contributed by atoms with van der Waals surface area (Å²) in [5.41, 5.74) is 0. The van der Waals surface area contributed by atoms with Gasteiger partial charge in [-0.25, -0.2) is 0 Å². The van der Waals surface area contributed by atoms with E-state index in [4.69, 9.17) is 9.47 Å². The highest BCUT2D eigenvalue weighted by Gasteiger charge is 2.21. The van der Waals surface area contributed by atoms with Gasteiger partial charge in [-0.3, -0.25) is 4.99 Å². The molecule has 22 heavy (non-hydrogen) atoms. The molecule has 0 bridgehead atoms. The molecule has 0 aromatic rings. The fourth-order valence-corrected chi connectivity index (χ4v) is 2.43. The maximum atomic E-state index is 5.42. The average Bonchev–Trinajstić information content (AvgIpc) is 2.50. The van der Waals surface area contributed by atoms with Gasteiger partial charge in [0.1, 0.15) is 0 Å². The van der Waals surface area contributed by atoms with E-state index in [2.05, 4.69) is 34.4 Å². The van der Waals surface area contributed by atoms with Gasteiger partial charge in [0.25, 0.3) is 0 Å². The molecule has 1 aliphatic rings. The van der Waals surface area contributed by atoms with Gasteiger partial charge < -0.3 is 25.0 Å². The quantitative estimate of drug-likeness (QED) is 0.264. The molecular formula is C15H33IN4O2. The molecule has 0 amide bonds. The summed E-state index contributed by atoms with van der Waals surface area (Å²) < 4.78 is 10.4. The molecule has 0 unspecified atom stereocenters. The molecule has 132 valence electrons. The van der Waals surface area contributed by atoms with Crippen LogP contribution in [0.4, 0.5) is 0 Å². The van der Waals surface area contributed by atoms with Crippen molar-refractivity contribution in [2.24, 2.45) is 4.99 Å². The molecule has 1 rings (SSSR count). The lowest BCUT2D eigenvalue weighted by Crippen LogP contribution is -2.50. The van der Waals surface area contributed by atoms with E-state index in [9.17, 15) is 0 Å². The largest absolute Gasteiger partial charge is 0.382 e. The molecule has 2 N–H and O–H groups in total. The van der Waals surface area contributed by atoms with Crippen LogP contribution in [0.2, 0.25) is 0 Å². The maximum Gasteiger partial charge on any atom is 0.191 e. The monoisotopic (exact) mass is 428 g/mol. The molecule has 1 aliphatic heterocycles. The molecule has 1 heterocycles. The number of piperidine rings is 1. The number of rotatable bonds is 8. The smallest absolute Gasteiger partial charge is 0.191 e. The Labute approximate surface area is 152 Å². The van der Waals surface area contributed by atoms with E-state index in [-0.39, 0.29) is 24.0 Å². The second-order valence-corrected chi connectivity index (χ2v) is 5.65. The number of aliphatic imine (C=N–C) groups is 1. The third kappa shape index (κ3) is 9.12. The first-order valence-electron chi connectivity index (χ1n) is 7.95. The molecule has 1 saturated heterocycles. The van der Waals surface area contributed by atoms with Gasteiger partial charge in [-0.2, -0.15) is 0 Å². The molecule has 0 spiro atoms. The second-order valence-electron chi connectivity index (χ2n) is 5.65. The summed E-state index contributed by atoms with van der Waals surface area (Å²) in [5.74, 6) is 0.869. The van der Waals surface area contributed by atoms with E-state index in [1.165, 1.54) is 12.8 Å². The Kier molecular flexibility index (Phi) is 13.3. The van der Waals surface area contributed by atoms with Crippen molar-refractivity contribution in [3.63, 3.8) is 0 Å². The van der Waals surface area contributed by atoms with Crippen molar-refractivity contribution in [1.29, 1.82) is 0 Å². The van der Waals surface area contributed by atoms with E-state index < -0.39 is 0 Å². The summed E-state index contributed by atoms with van der Waals surface area (Å²) >= 11 is 0. The van der Waals surface area contributed by atoms with Crippen LogP contribution >= 0.6 is 24.0 Å². The fraction of sp³-hybridized carbons (Fsp3) is 0.933. The zero-order chi connectivity index (χ0) is 15.5. The number of guanidine groups is 1. The molecule has 0 radical (unpaired) electrons. The van der Waals surface area contributed by atoms with Crippen LogP contribution in [-0.4, -0.2) is 76.6 Å². The van der Waals surface area contributed by atoms with Crippen molar-refractivity contribution < 1.29 is 9.47 Å². The molecule has 6 nitrogen and oxygen atoms in total. The first-order valence-corrected chi connectivity index (χ1v) is 7.95. The van der Waals surface area contributed by atoms with Gasteiger partial charge in [-0.1, -0.05) is 0 Å². The van der Waals surface area contributed by atoms with Crippen molar-refractivity contribution in [2.75, 3.05) is 53.6 Å². The summed E-state index contributed by atoms with van der Waals surface area (Å²) in [6.07, 6.45) is 2.34. The van der Waals surface area contributed by atoms with Crippen LogP contribution in [0.25, 0.3) is 0 Å². The fourth-order valence-electron chi connectivity index (χ4n) is 2.43. The molecule has 0 aromatic carbocycles. The predicted octanol–water partition coefficient (Wildman–Crippen LogP) is 1.31. The summed E-state index contributed by atoms with van der Waals surface area (Å²) in [7, 11) is 3.49. The van der Waals surface area contributed by atoms with Crippen LogP contribution in [0.3, 0.4) is 0 Å². The average molecular weight is 428 g/mol. The highest BCUT2D eigenvalue weighted by Crippen LogP contribution is 2.12. The predicted molar refractivity (Wildman–Crippen MR) is 102 cm³/mol. The molecule has 7 heteroatoms. The lowest BCUT2D eigenvalue weighted by Gasteiger charge is -2.35. The van der Waals surface area contributed by atoms with Crippen molar-refractivity contribution in [3.05, 3.63) is 0 Å². The lowest BCUT2D eigenvalue weighted by atomic mass is 10.0. The molecule has 0 atom stereocenters. The Balaban J connectivity index is 0.00000441. The van der Waals surface area contributed by atoms with Gasteiger partial charge in [0.15, 0.2) is 5.96 Å². The van der Waals surface area contributed by atoms with E-state index in [0.29, 0.717) is 31.9 Å². The van der Waals surface area contributed by atoms with Crippen LogP contribution < -0.4 is 10.6 Å². The van der Waals surface area contributed by atoms with Crippen LogP contribution in [0, 0.1) is 0 Å². The molecule has 0 saturated carbocycles. The van der Waals surface area contributed by atoms with Gasteiger partial charge in [0, 0.05) is 45.9 Å². The van der Waals surface area contributed by atoms with Crippen molar-refractivity contribution in [1.82, 2.24) is 15.5 Å². The summed E-state index contributed by atoms with van der Waals surface area (Å²) in [5, 5.41) is 6.79. The van der Waals surface area contributed by atoms with E-state index in [0.717, 1.165) is 25.6 Å². The maximum absolute atomic E-state index is 5.42. The molecular weight excluding hydrogens is 395 g/mol. The first kappa shape index (κ1) is 21.9. The number of ether oxygens (including phenoxy) is 2. The van der Waals surface area contributed by atoms with Crippen molar-refractivity contribution in [2.45, 2.75) is 38.8 Å². The highest BCUT2D eigenvalue weighted by molar-refractivity contribution is 14.0. The Hall–Kier alpha value is -0.120. The number of halogens is 1. The van der Waals surface area contributed by atoms with Gasteiger partial charge in [-0.15, -0.1) is 24.0 Å². The Morgan fingerprint density at radius 3 is 2.45 bits per heavy atom. The summed E-state index contributed by atoms with van der Waals surface area (Å²) in [4.78, 5) is 6.80. The highest BCUT2D eigenvalue weighted by atomic mass is 127. The van der Waals surface area contributed by atoms with E-state index in [1.807, 2.05) is 7.05 Å². The normalized spacial score (nSPS) is 17.4. The SMILES string of the molecule is CN=C(NCCOCCOC)NC1CCN(C(C)C)CC1.I. The van der Waals surface area contributed by atoms with Crippen LogP contribution in [0.5, 0.6) is 0 Å². The van der Waals surface area contributed by atoms with Gasteiger partial charge in [0.2, 0.25) is 0 Å². The number of likely N-dealkylation sites (tertiary alicyclic amines) is 1. The van der Waals surface area contributed by atoms with Gasteiger partial charge in [0.05, 0.1) is 19.8 Å². The number of methoxy groups -OCH3 is 1. The van der Waals surface area contributed by atoms with E-state index in [1.54, 1.807) is 7.11 Å². The van der Waals surface area contributed by atoms with Crippen LogP contribution in [0.15, 0.2) is 4.99 Å². The molecule has 0 aliphatic carbocycles. The van der Waals surface area contributed by atoms with E-state index >= 15 is 0 Å². The Morgan fingerprint density at radius 2 is 1.91 bits per heavy atom. The van der Waals surface area contributed by atoms with Gasteiger partial charge in [-0.05, 0) is 26.7 Å². The second kappa shape index (κ2) is 13.3. The van der Waals surface area contributed by atoms with Crippen molar-refractivity contribution >= 4 is 29.9 Å². The molecule has 1 fully saturated rings. The first-order chi connectivity index (χ1) is 10.2. The minimum Gasteiger partial charge on any atom is -0.382 e. The zero-order valence-corrected chi connectivity index (χ0v) is 16.8. The number of nitrogens with one attached hydrogen (secondary N) is 2. The Bertz CT molecular complexity index is 295. The summed E-state index contributed by atoms with van der Waals surface area (Å²) in [6, 6.07) is 1.16. The minimum absolute atomic E-state index is 0. The van der Waals surface area contributed by atoms with Crippen LogP contribution in [-0.2, 0) is 9.47 Å². The zero-order valence-electron chi connectivity index (χ0n) is 14.4. The molecule has 0 aromatic heterocycles. The topological polar surface area (TPSA) is 58.1 Å². The third-order valence-electron chi connectivity index (χ3n) is 3.79. The van der Waals surface area contributed by atoms with Gasteiger partial charge >= 0.3 is 0 Å². The Morgan fingerprint density at radius 1 is 1.23 bits per heavy atom.